The second-order valence-electron chi connectivity index (χ2n) is 7.01. The molecule has 1 fully saturated rings. The third kappa shape index (κ3) is 3.83. The number of hydrazine groups is 1. The number of hydrogen-bond donors (Lipinski definition) is 3. The molecule has 0 radical (unpaired) electrons. The van der Waals surface area contributed by atoms with Crippen molar-refractivity contribution in [2.75, 3.05) is 43.3 Å². The molecule has 2 aromatic carbocycles. The standard InChI is InChI=1S/C22H25N5O3/c1-29-20-8-3-2-7-18(20)27(24)14-17(23)15-5-4-6-16-19(28)13-21(25-22(15)16)26-9-11-30-12-10-26/h2-8,13-14H,9-12,23-24H2,1H3,(H,25,28)/b17-14-. The molecule has 1 aliphatic heterocycles. The van der Waals surface area contributed by atoms with Gasteiger partial charge in [0.15, 0.2) is 5.43 Å². The van der Waals surface area contributed by atoms with Crippen molar-refractivity contribution in [2.24, 2.45) is 11.6 Å². The summed E-state index contributed by atoms with van der Waals surface area (Å²) in [5.74, 6) is 7.62. The first-order valence-electron chi connectivity index (χ1n) is 9.72. The van der Waals surface area contributed by atoms with E-state index in [9.17, 15) is 4.79 Å². The van der Waals surface area contributed by atoms with Crippen LogP contribution < -0.4 is 31.7 Å². The minimum absolute atomic E-state index is 0.0609. The molecular formula is C22H25N5O3. The Morgan fingerprint density at radius 3 is 2.73 bits per heavy atom. The van der Waals surface area contributed by atoms with Gasteiger partial charge in [-0.3, -0.25) is 9.80 Å². The first kappa shape index (κ1) is 19.8. The van der Waals surface area contributed by atoms with E-state index in [1.165, 1.54) is 5.01 Å². The molecule has 2 heterocycles. The average Bonchev–Trinajstić information content (AvgIpc) is 2.79. The molecule has 8 heteroatoms. The molecule has 0 amide bonds. The Balaban J connectivity index is 1.76. The Morgan fingerprint density at radius 1 is 1.20 bits per heavy atom. The summed E-state index contributed by atoms with van der Waals surface area (Å²) in [6.07, 6.45) is 1.62. The third-order valence-corrected chi connectivity index (χ3v) is 5.16. The van der Waals surface area contributed by atoms with Crippen molar-refractivity contribution in [3.63, 3.8) is 0 Å². The lowest BCUT2D eigenvalue weighted by Gasteiger charge is -2.28. The minimum atomic E-state index is -0.0609. The number of benzene rings is 2. The summed E-state index contributed by atoms with van der Waals surface area (Å²) >= 11 is 0. The molecule has 30 heavy (non-hydrogen) atoms. The highest BCUT2D eigenvalue weighted by atomic mass is 16.5. The second-order valence-corrected chi connectivity index (χ2v) is 7.01. The van der Waals surface area contributed by atoms with Crippen LogP contribution in [0.1, 0.15) is 5.56 Å². The topological polar surface area (TPSA) is 110 Å². The zero-order valence-corrected chi connectivity index (χ0v) is 16.8. The number of aromatic amines is 1. The fraction of sp³-hybridized carbons (Fsp3) is 0.227. The van der Waals surface area contributed by atoms with E-state index >= 15 is 0 Å². The van der Waals surface area contributed by atoms with Crippen molar-refractivity contribution >= 4 is 28.1 Å². The van der Waals surface area contributed by atoms with Crippen molar-refractivity contribution in [3.05, 3.63) is 70.5 Å². The quantitative estimate of drug-likeness (QED) is 0.438. The minimum Gasteiger partial charge on any atom is -0.495 e. The second kappa shape index (κ2) is 8.48. The van der Waals surface area contributed by atoms with E-state index in [1.807, 2.05) is 36.4 Å². The lowest BCUT2D eigenvalue weighted by atomic mass is 10.1. The Morgan fingerprint density at radius 2 is 1.97 bits per heavy atom. The van der Waals surface area contributed by atoms with Crippen LogP contribution in [-0.2, 0) is 4.74 Å². The maximum Gasteiger partial charge on any atom is 0.191 e. The van der Waals surface area contributed by atoms with E-state index in [0.29, 0.717) is 46.8 Å². The van der Waals surface area contributed by atoms with Crippen molar-refractivity contribution < 1.29 is 9.47 Å². The summed E-state index contributed by atoms with van der Waals surface area (Å²) in [5.41, 5.74) is 8.82. The fourth-order valence-electron chi connectivity index (χ4n) is 3.61. The van der Waals surface area contributed by atoms with Crippen LogP contribution in [0.15, 0.2) is 59.5 Å². The van der Waals surface area contributed by atoms with Gasteiger partial charge in [0, 0.05) is 36.3 Å². The van der Waals surface area contributed by atoms with Gasteiger partial charge in [0.1, 0.15) is 11.6 Å². The van der Waals surface area contributed by atoms with E-state index in [1.54, 1.807) is 25.4 Å². The van der Waals surface area contributed by atoms with Crippen LogP contribution in [0, 0.1) is 0 Å². The molecule has 1 aliphatic rings. The van der Waals surface area contributed by atoms with Crippen LogP contribution >= 0.6 is 0 Å². The molecule has 3 aromatic rings. The number of rotatable bonds is 5. The monoisotopic (exact) mass is 407 g/mol. The average molecular weight is 407 g/mol. The molecule has 0 saturated carbocycles. The number of hydrogen-bond acceptors (Lipinski definition) is 7. The zero-order chi connectivity index (χ0) is 21.1. The van der Waals surface area contributed by atoms with Gasteiger partial charge in [-0.1, -0.05) is 24.3 Å². The van der Waals surface area contributed by atoms with Crippen LogP contribution in [0.3, 0.4) is 0 Å². The summed E-state index contributed by atoms with van der Waals surface area (Å²) in [4.78, 5) is 18.2. The van der Waals surface area contributed by atoms with Gasteiger partial charge in [0.2, 0.25) is 0 Å². The molecule has 1 aromatic heterocycles. The van der Waals surface area contributed by atoms with Gasteiger partial charge >= 0.3 is 0 Å². The first-order valence-corrected chi connectivity index (χ1v) is 9.72. The SMILES string of the molecule is COc1ccccc1N(N)/C=C(\N)c1cccc2c(=O)cc(N3CCOCC3)[nH]c12. The molecule has 0 atom stereocenters. The Labute approximate surface area is 174 Å². The number of morpholine rings is 1. The van der Waals surface area contributed by atoms with Crippen LogP contribution in [0.4, 0.5) is 11.5 Å². The Hall–Kier alpha value is -3.49. The van der Waals surface area contributed by atoms with Crippen LogP contribution in [-0.4, -0.2) is 38.4 Å². The number of nitrogens with one attached hydrogen (secondary N) is 1. The number of methoxy groups -OCH3 is 1. The molecule has 5 N–H and O–H groups in total. The van der Waals surface area contributed by atoms with Crippen molar-refractivity contribution in [2.45, 2.75) is 0 Å². The summed E-state index contributed by atoms with van der Waals surface area (Å²) in [7, 11) is 1.59. The molecule has 4 rings (SSSR count). The number of aromatic nitrogens is 1. The molecule has 0 spiro atoms. The summed E-state index contributed by atoms with van der Waals surface area (Å²) in [5, 5.41) is 1.98. The molecule has 8 nitrogen and oxygen atoms in total. The van der Waals surface area contributed by atoms with Gasteiger partial charge in [-0.15, -0.1) is 0 Å². The Kier molecular flexibility index (Phi) is 5.60. The van der Waals surface area contributed by atoms with Crippen molar-refractivity contribution in [1.29, 1.82) is 0 Å². The number of H-pyrrole nitrogens is 1. The third-order valence-electron chi connectivity index (χ3n) is 5.16. The van der Waals surface area contributed by atoms with Crippen LogP contribution in [0.25, 0.3) is 16.6 Å². The number of anilines is 2. The van der Waals surface area contributed by atoms with Crippen molar-refractivity contribution in [1.82, 2.24) is 4.98 Å². The number of nitrogens with zero attached hydrogens (tertiary/aromatic N) is 2. The van der Waals surface area contributed by atoms with Gasteiger partial charge < -0.3 is 25.1 Å². The first-order chi connectivity index (χ1) is 14.6. The fourth-order valence-corrected chi connectivity index (χ4v) is 3.61. The maximum absolute atomic E-state index is 12.8. The highest BCUT2D eigenvalue weighted by molar-refractivity contribution is 5.91. The molecule has 156 valence electrons. The summed E-state index contributed by atoms with van der Waals surface area (Å²) < 4.78 is 10.8. The van der Waals surface area contributed by atoms with E-state index in [2.05, 4.69) is 9.88 Å². The van der Waals surface area contributed by atoms with Gasteiger partial charge in [0.05, 0.1) is 37.2 Å². The van der Waals surface area contributed by atoms with E-state index in [-0.39, 0.29) is 5.43 Å². The van der Waals surface area contributed by atoms with Crippen LogP contribution in [0.2, 0.25) is 0 Å². The predicted molar refractivity (Wildman–Crippen MR) is 119 cm³/mol. The molecule has 0 aliphatic carbocycles. The number of fused-ring (bicyclic) bond motifs is 1. The molecule has 0 bridgehead atoms. The summed E-state index contributed by atoms with van der Waals surface area (Å²) in [6, 6.07) is 14.5. The van der Waals surface area contributed by atoms with E-state index in [0.717, 1.165) is 18.9 Å². The Bertz CT molecular complexity index is 1140. The van der Waals surface area contributed by atoms with E-state index in [4.69, 9.17) is 21.1 Å². The predicted octanol–water partition coefficient (Wildman–Crippen LogP) is 2.01. The largest absolute Gasteiger partial charge is 0.495 e. The van der Waals surface area contributed by atoms with Gasteiger partial charge in [0.25, 0.3) is 0 Å². The summed E-state index contributed by atoms with van der Waals surface area (Å²) in [6.45, 7) is 2.70. The number of pyridine rings is 1. The number of ether oxygens (including phenoxy) is 2. The van der Waals surface area contributed by atoms with Crippen LogP contribution in [0.5, 0.6) is 5.75 Å². The van der Waals surface area contributed by atoms with E-state index < -0.39 is 0 Å². The highest BCUT2D eigenvalue weighted by Gasteiger charge is 2.16. The van der Waals surface area contributed by atoms with Crippen molar-refractivity contribution in [3.8, 4) is 5.75 Å². The lowest BCUT2D eigenvalue weighted by molar-refractivity contribution is 0.122. The molecule has 0 unspecified atom stereocenters. The van der Waals surface area contributed by atoms with Gasteiger partial charge in [-0.05, 0) is 18.2 Å². The van der Waals surface area contributed by atoms with Gasteiger partial charge in [-0.25, -0.2) is 5.84 Å². The smallest absolute Gasteiger partial charge is 0.191 e. The maximum atomic E-state index is 12.8. The zero-order valence-electron chi connectivity index (χ0n) is 16.8. The molecule has 1 saturated heterocycles. The lowest BCUT2D eigenvalue weighted by Crippen LogP contribution is -2.37. The molecular weight excluding hydrogens is 382 g/mol. The highest BCUT2D eigenvalue weighted by Crippen LogP contribution is 2.28. The number of nitrogens with two attached hydrogens (primary N) is 2. The number of para-hydroxylation sites is 3. The normalized spacial score (nSPS) is 14.7. The van der Waals surface area contributed by atoms with Gasteiger partial charge in [-0.2, -0.15) is 0 Å².